The lowest BCUT2D eigenvalue weighted by atomic mass is 9.94. The first kappa shape index (κ1) is 16.9. The van der Waals surface area contributed by atoms with E-state index in [-0.39, 0.29) is 5.97 Å². The van der Waals surface area contributed by atoms with Gasteiger partial charge >= 0.3 is 5.97 Å². The summed E-state index contributed by atoms with van der Waals surface area (Å²) in [5, 5.41) is 0.680. The van der Waals surface area contributed by atoms with E-state index in [1.165, 1.54) is 5.69 Å². The fourth-order valence-corrected chi connectivity index (χ4v) is 3.93. The zero-order chi connectivity index (χ0) is 18.1. The normalized spacial score (nSPS) is 12.8. The molecule has 0 N–H and O–H groups in total. The molecule has 0 fully saturated rings. The van der Waals surface area contributed by atoms with Gasteiger partial charge in [-0.3, -0.25) is 0 Å². The van der Waals surface area contributed by atoms with Gasteiger partial charge in [0.25, 0.3) is 0 Å². The Morgan fingerprint density at radius 2 is 1.73 bits per heavy atom. The van der Waals surface area contributed by atoms with Crippen LogP contribution in [0.15, 0.2) is 54.6 Å². The molecule has 0 radical (unpaired) electrons. The number of rotatable bonds is 4. The second-order valence-corrected chi connectivity index (χ2v) is 6.83. The molecule has 4 rings (SSSR count). The van der Waals surface area contributed by atoms with Crippen LogP contribution < -0.4 is 0 Å². The molecule has 2 heterocycles. The van der Waals surface area contributed by atoms with Gasteiger partial charge in [0.2, 0.25) is 0 Å². The monoisotopic (exact) mass is 365 g/mol. The quantitative estimate of drug-likeness (QED) is 0.563. The minimum absolute atomic E-state index is 0.261. The summed E-state index contributed by atoms with van der Waals surface area (Å²) in [6.45, 7) is 3.04. The molecule has 0 amide bonds. The van der Waals surface area contributed by atoms with Crippen LogP contribution in [-0.4, -0.2) is 17.1 Å². The second-order valence-electron chi connectivity index (χ2n) is 6.39. The largest absolute Gasteiger partial charge is 0.461 e. The number of ether oxygens (including phenoxy) is 1. The van der Waals surface area contributed by atoms with E-state index in [1.54, 1.807) is 0 Å². The number of carbonyl (C=O) groups excluding carboxylic acids is 1. The lowest BCUT2D eigenvalue weighted by Gasteiger charge is -2.11. The Kier molecular flexibility index (Phi) is 4.56. The number of aromatic nitrogens is 1. The van der Waals surface area contributed by atoms with Crippen LogP contribution in [0.1, 0.15) is 29.5 Å². The highest BCUT2D eigenvalue weighted by Gasteiger charge is 2.31. The van der Waals surface area contributed by atoms with Crippen LogP contribution in [0.2, 0.25) is 5.02 Å². The topological polar surface area (TPSA) is 31.2 Å². The van der Waals surface area contributed by atoms with E-state index in [1.807, 2.05) is 49.4 Å². The zero-order valence-electron chi connectivity index (χ0n) is 14.7. The predicted octanol–water partition coefficient (Wildman–Crippen LogP) is 5.60. The van der Waals surface area contributed by atoms with Gasteiger partial charge in [-0.05, 0) is 43.0 Å². The summed E-state index contributed by atoms with van der Waals surface area (Å²) in [6, 6.07) is 18.0. The summed E-state index contributed by atoms with van der Waals surface area (Å²) in [5.74, 6) is -0.261. The van der Waals surface area contributed by atoms with E-state index in [0.717, 1.165) is 41.6 Å². The SMILES string of the molecule is CCOC(=O)c1c(-c2ccc(Cl)cc2)c(-c2ccccc2)c2n1CCC2. The molecule has 0 spiro atoms. The van der Waals surface area contributed by atoms with Crippen LogP contribution in [0, 0.1) is 0 Å². The van der Waals surface area contributed by atoms with Crippen molar-refractivity contribution in [1.82, 2.24) is 4.57 Å². The highest BCUT2D eigenvalue weighted by atomic mass is 35.5. The predicted molar refractivity (Wildman–Crippen MR) is 105 cm³/mol. The van der Waals surface area contributed by atoms with Gasteiger partial charge < -0.3 is 9.30 Å². The van der Waals surface area contributed by atoms with Crippen LogP contribution in [0.5, 0.6) is 0 Å². The summed E-state index contributed by atoms with van der Waals surface area (Å²) in [4.78, 5) is 12.8. The van der Waals surface area contributed by atoms with Gasteiger partial charge in [-0.2, -0.15) is 0 Å². The Bertz CT molecular complexity index is 943. The number of hydrogen-bond acceptors (Lipinski definition) is 2. The Morgan fingerprint density at radius 3 is 2.42 bits per heavy atom. The first-order valence-electron chi connectivity index (χ1n) is 8.94. The number of benzene rings is 2. The average molecular weight is 366 g/mol. The van der Waals surface area contributed by atoms with Crippen LogP contribution in [0.3, 0.4) is 0 Å². The molecule has 1 aliphatic heterocycles. The van der Waals surface area contributed by atoms with E-state index >= 15 is 0 Å². The highest BCUT2D eigenvalue weighted by Crippen LogP contribution is 2.43. The molecule has 0 saturated carbocycles. The van der Waals surface area contributed by atoms with Gasteiger partial charge in [-0.1, -0.05) is 54.1 Å². The maximum Gasteiger partial charge on any atom is 0.355 e. The Hall–Kier alpha value is -2.52. The van der Waals surface area contributed by atoms with Gasteiger partial charge in [0.05, 0.1) is 6.61 Å². The van der Waals surface area contributed by atoms with Gasteiger partial charge in [-0.25, -0.2) is 4.79 Å². The van der Waals surface area contributed by atoms with Gasteiger partial charge in [0.15, 0.2) is 0 Å². The minimum atomic E-state index is -0.261. The number of halogens is 1. The molecular weight excluding hydrogens is 346 g/mol. The van der Waals surface area contributed by atoms with Crippen LogP contribution in [0.25, 0.3) is 22.3 Å². The maximum atomic E-state index is 12.8. The van der Waals surface area contributed by atoms with Crippen molar-refractivity contribution in [3.8, 4) is 22.3 Å². The van der Waals surface area contributed by atoms with Crippen molar-refractivity contribution in [2.75, 3.05) is 6.61 Å². The van der Waals surface area contributed by atoms with E-state index < -0.39 is 0 Å². The number of fused-ring (bicyclic) bond motifs is 1. The fourth-order valence-electron chi connectivity index (χ4n) is 3.80. The fraction of sp³-hybridized carbons (Fsp3) is 0.227. The molecule has 0 atom stereocenters. The molecule has 4 heteroatoms. The summed E-state index contributed by atoms with van der Waals surface area (Å²) in [7, 11) is 0. The van der Waals surface area contributed by atoms with Gasteiger partial charge in [-0.15, -0.1) is 0 Å². The lowest BCUT2D eigenvalue weighted by molar-refractivity contribution is 0.0515. The number of hydrogen-bond donors (Lipinski definition) is 0. The molecule has 1 aromatic heterocycles. The second kappa shape index (κ2) is 7.00. The summed E-state index contributed by atoms with van der Waals surface area (Å²) < 4.78 is 7.55. The van der Waals surface area contributed by atoms with Crippen molar-refractivity contribution < 1.29 is 9.53 Å². The molecule has 2 aromatic carbocycles. The van der Waals surface area contributed by atoms with Crippen LogP contribution >= 0.6 is 11.6 Å². The van der Waals surface area contributed by atoms with E-state index in [4.69, 9.17) is 16.3 Å². The Morgan fingerprint density at radius 1 is 1.04 bits per heavy atom. The van der Waals surface area contributed by atoms with Gasteiger partial charge in [0.1, 0.15) is 5.69 Å². The molecule has 3 nitrogen and oxygen atoms in total. The lowest BCUT2D eigenvalue weighted by Crippen LogP contribution is -2.12. The first-order valence-corrected chi connectivity index (χ1v) is 9.32. The smallest absolute Gasteiger partial charge is 0.355 e. The third-order valence-corrected chi connectivity index (χ3v) is 5.08. The van der Waals surface area contributed by atoms with E-state index in [9.17, 15) is 4.79 Å². The highest BCUT2D eigenvalue weighted by molar-refractivity contribution is 6.30. The third-order valence-electron chi connectivity index (χ3n) is 4.83. The average Bonchev–Trinajstić information content (AvgIpc) is 3.23. The third kappa shape index (κ3) is 2.82. The van der Waals surface area contributed by atoms with Crippen molar-refractivity contribution in [1.29, 1.82) is 0 Å². The first-order chi connectivity index (χ1) is 12.7. The molecule has 0 bridgehead atoms. The summed E-state index contributed by atoms with van der Waals surface area (Å²) >= 11 is 6.09. The number of esters is 1. The Balaban J connectivity index is 2.03. The summed E-state index contributed by atoms with van der Waals surface area (Å²) in [6.07, 6.45) is 2.01. The van der Waals surface area contributed by atoms with Crippen molar-refractivity contribution in [2.24, 2.45) is 0 Å². The number of carbonyl (C=O) groups is 1. The molecule has 0 saturated heterocycles. The van der Waals surface area contributed by atoms with Crippen LogP contribution in [0.4, 0.5) is 0 Å². The van der Waals surface area contributed by atoms with E-state index in [2.05, 4.69) is 16.7 Å². The Labute approximate surface area is 158 Å². The van der Waals surface area contributed by atoms with Crippen molar-refractivity contribution >= 4 is 17.6 Å². The zero-order valence-corrected chi connectivity index (χ0v) is 15.4. The molecule has 0 unspecified atom stereocenters. The van der Waals surface area contributed by atoms with E-state index in [0.29, 0.717) is 17.3 Å². The molecule has 132 valence electrons. The molecule has 1 aliphatic rings. The van der Waals surface area contributed by atoms with Crippen LogP contribution in [-0.2, 0) is 17.7 Å². The molecular formula is C22H20ClNO2. The molecule has 3 aromatic rings. The molecule has 26 heavy (non-hydrogen) atoms. The van der Waals surface area contributed by atoms with Crippen molar-refractivity contribution in [3.63, 3.8) is 0 Å². The molecule has 0 aliphatic carbocycles. The summed E-state index contributed by atoms with van der Waals surface area (Å²) in [5.41, 5.74) is 6.05. The van der Waals surface area contributed by atoms with Crippen molar-refractivity contribution in [2.45, 2.75) is 26.3 Å². The van der Waals surface area contributed by atoms with Gasteiger partial charge in [0, 0.05) is 28.4 Å². The maximum absolute atomic E-state index is 12.8. The minimum Gasteiger partial charge on any atom is -0.461 e. The standard InChI is InChI=1S/C22H20ClNO2/c1-2-26-22(25)21-20(16-10-12-17(23)13-11-16)19(15-7-4-3-5-8-15)18-9-6-14-24(18)21/h3-5,7-8,10-13H,2,6,9,14H2,1H3. The number of nitrogens with zero attached hydrogens (tertiary/aromatic N) is 1. The van der Waals surface area contributed by atoms with Crippen molar-refractivity contribution in [3.05, 3.63) is 71.0 Å².